The minimum atomic E-state index is -1.07. The van der Waals surface area contributed by atoms with Crippen molar-refractivity contribution in [2.24, 2.45) is 4.99 Å². The third kappa shape index (κ3) is 5.64. The molecule has 0 aliphatic carbocycles. The normalized spacial score (nSPS) is 15.3. The van der Waals surface area contributed by atoms with Crippen molar-refractivity contribution in [2.45, 2.75) is 32.9 Å². The van der Waals surface area contributed by atoms with Crippen LogP contribution >= 0.6 is 11.3 Å². The van der Waals surface area contributed by atoms with E-state index in [2.05, 4.69) is 4.99 Å². The molecule has 0 unspecified atom stereocenters. The highest BCUT2D eigenvalue weighted by Gasteiger charge is 2.33. The Kier molecular flexibility index (Phi) is 7.58. The largest absolute Gasteiger partial charge is 0.497 e. The summed E-state index contributed by atoms with van der Waals surface area (Å²) in [4.78, 5) is 42.6. The van der Waals surface area contributed by atoms with Crippen LogP contribution in [0.25, 0.3) is 6.08 Å². The monoisotopic (exact) mass is 522 g/mol. The first kappa shape index (κ1) is 25.9. The van der Waals surface area contributed by atoms with Crippen molar-refractivity contribution >= 4 is 29.4 Å². The fourth-order valence-corrected chi connectivity index (χ4v) is 4.97. The number of carbonyl (C=O) groups is 2. The van der Waals surface area contributed by atoms with Gasteiger partial charge in [0.1, 0.15) is 11.5 Å². The number of esters is 1. The molecule has 192 valence electrons. The molecule has 4 rings (SSSR count). The van der Waals surface area contributed by atoms with Gasteiger partial charge in [0.2, 0.25) is 0 Å². The number of aliphatic carboxylic acids is 1. The van der Waals surface area contributed by atoms with E-state index in [0.29, 0.717) is 32.1 Å². The fraction of sp³-hybridized carbons (Fsp3) is 0.259. The number of ether oxygens (including phenoxy) is 3. The molecule has 0 saturated carbocycles. The lowest BCUT2D eigenvalue weighted by molar-refractivity contribution is -0.143. The van der Waals surface area contributed by atoms with Crippen LogP contribution in [0.3, 0.4) is 0 Å². The molecule has 2 aromatic carbocycles. The number of benzene rings is 2. The van der Waals surface area contributed by atoms with Gasteiger partial charge < -0.3 is 19.3 Å². The first-order chi connectivity index (χ1) is 17.7. The number of carbonyl (C=O) groups excluding carboxylic acids is 1. The minimum absolute atomic E-state index is 0.293. The molecule has 3 aromatic rings. The van der Waals surface area contributed by atoms with E-state index in [1.807, 2.05) is 12.1 Å². The predicted octanol–water partition coefficient (Wildman–Crippen LogP) is 2.66. The molecule has 1 aliphatic heterocycles. The van der Waals surface area contributed by atoms with Gasteiger partial charge in [-0.05, 0) is 62.2 Å². The molecule has 0 saturated heterocycles. The van der Waals surface area contributed by atoms with Gasteiger partial charge in [-0.25, -0.2) is 14.6 Å². The Hall–Kier alpha value is -4.18. The van der Waals surface area contributed by atoms with Crippen LogP contribution < -0.4 is 24.4 Å². The van der Waals surface area contributed by atoms with Crippen LogP contribution in [0, 0.1) is 0 Å². The summed E-state index contributed by atoms with van der Waals surface area (Å²) in [5, 5.41) is 8.76. The van der Waals surface area contributed by atoms with Crippen molar-refractivity contribution in [2.75, 3.05) is 13.7 Å². The van der Waals surface area contributed by atoms with Crippen molar-refractivity contribution in [3.05, 3.63) is 90.6 Å². The molecular weight excluding hydrogens is 496 g/mol. The molecule has 10 heteroatoms. The summed E-state index contributed by atoms with van der Waals surface area (Å²) >= 11 is 1.22. The van der Waals surface area contributed by atoms with Gasteiger partial charge in [0.15, 0.2) is 11.4 Å². The number of hydrogen-bond donors (Lipinski definition) is 1. The maximum atomic E-state index is 13.7. The molecule has 0 amide bonds. The third-order valence-electron chi connectivity index (χ3n) is 5.56. The second-order valence-corrected chi connectivity index (χ2v) is 9.57. The Morgan fingerprint density at radius 2 is 1.76 bits per heavy atom. The second kappa shape index (κ2) is 10.8. The molecule has 0 fully saturated rings. The van der Waals surface area contributed by atoms with Crippen molar-refractivity contribution in [3.8, 4) is 11.5 Å². The molecule has 9 nitrogen and oxygen atoms in total. The average molecular weight is 523 g/mol. The van der Waals surface area contributed by atoms with Crippen LogP contribution in [0.2, 0.25) is 0 Å². The summed E-state index contributed by atoms with van der Waals surface area (Å²) in [5.74, 6) is -0.532. The Labute approximate surface area is 216 Å². The maximum absolute atomic E-state index is 13.7. The molecule has 0 spiro atoms. The standard InChI is InChI=1S/C27H26N2O7S/c1-15(2)36-26(33)23-16(3)28-27-29(24(23)18-7-11-19(34-4)12-8-18)25(32)21(37-27)13-17-5-9-20(10-6-17)35-14-22(30)31/h5-13,15,24H,14H2,1-4H3,(H,30,31)/b21-13+/t24-/m0/s1. The highest BCUT2D eigenvalue weighted by atomic mass is 32.1. The van der Waals surface area contributed by atoms with Gasteiger partial charge in [-0.2, -0.15) is 0 Å². The molecular formula is C27H26N2O7S. The number of hydrogen-bond acceptors (Lipinski definition) is 8. The number of fused-ring (bicyclic) bond motifs is 1. The summed E-state index contributed by atoms with van der Waals surface area (Å²) in [6, 6.07) is 13.2. The molecule has 1 aliphatic rings. The van der Waals surface area contributed by atoms with Gasteiger partial charge in [0, 0.05) is 0 Å². The average Bonchev–Trinajstić information content (AvgIpc) is 3.16. The lowest BCUT2D eigenvalue weighted by atomic mass is 9.96. The first-order valence-electron chi connectivity index (χ1n) is 11.5. The minimum Gasteiger partial charge on any atom is -0.497 e. The van der Waals surface area contributed by atoms with E-state index in [9.17, 15) is 14.4 Å². The van der Waals surface area contributed by atoms with Crippen LogP contribution in [0.5, 0.6) is 11.5 Å². The molecule has 37 heavy (non-hydrogen) atoms. The van der Waals surface area contributed by atoms with Crippen molar-refractivity contribution in [1.82, 2.24) is 4.57 Å². The number of carboxylic acid groups (broad SMARTS) is 1. The number of aromatic nitrogens is 1. The predicted molar refractivity (Wildman–Crippen MR) is 138 cm³/mol. The van der Waals surface area contributed by atoms with E-state index in [1.165, 1.54) is 15.9 Å². The fourth-order valence-electron chi connectivity index (χ4n) is 3.92. The van der Waals surface area contributed by atoms with E-state index < -0.39 is 24.6 Å². The zero-order valence-electron chi connectivity index (χ0n) is 20.8. The SMILES string of the molecule is COc1ccc([C@H]2C(C(=O)OC(C)C)=C(C)N=c3s/c(=C/c4ccc(OCC(=O)O)cc4)c(=O)n32)cc1. The van der Waals surface area contributed by atoms with E-state index in [4.69, 9.17) is 19.3 Å². The summed E-state index contributed by atoms with van der Waals surface area (Å²) in [6.45, 7) is 4.83. The summed E-state index contributed by atoms with van der Waals surface area (Å²) < 4.78 is 17.9. The number of carboxylic acids is 1. The number of rotatable bonds is 8. The highest BCUT2D eigenvalue weighted by molar-refractivity contribution is 7.07. The van der Waals surface area contributed by atoms with Crippen molar-refractivity contribution in [3.63, 3.8) is 0 Å². The lowest BCUT2D eigenvalue weighted by Gasteiger charge is -2.25. The topological polar surface area (TPSA) is 116 Å². The number of allylic oxidation sites excluding steroid dienone is 1. The van der Waals surface area contributed by atoms with Gasteiger partial charge in [0.05, 0.1) is 35.1 Å². The number of nitrogens with zero attached hydrogens (tertiary/aromatic N) is 2. The smallest absolute Gasteiger partial charge is 0.341 e. The Morgan fingerprint density at radius 1 is 1.11 bits per heavy atom. The molecule has 0 radical (unpaired) electrons. The molecule has 1 aromatic heterocycles. The van der Waals surface area contributed by atoms with Crippen LogP contribution in [0.4, 0.5) is 0 Å². The summed E-state index contributed by atoms with van der Waals surface area (Å²) in [6.07, 6.45) is 1.39. The van der Waals surface area contributed by atoms with Crippen LogP contribution in [-0.4, -0.2) is 41.4 Å². The summed E-state index contributed by atoms with van der Waals surface area (Å²) in [5.41, 5.74) is 1.94. The van der Waals surface area contributed by atoms with Gasteiger partial charge in [-0.15, -0.1) is 0 Å². The van der Waals surface area contributed by atoms with E-state index in [-0.39, 0.29) is 11.7 Å². The van der Waals surface area contributed by atoms with Crippen LogP contribution in [0.1, 0.15) is 37.9 Å². The van der Waals surface area contributed by atoms with Gasteiger partial charge in [-0.3, -0.25) is 9.36 Å². The Balaban J connectivity index is 1.81. The number of thiazole rings is 1. The van der Waals surface area contributed by atoms with Crippen LogP contribution in [-0.2, 0) is 14.3 Å². The lowest BCUT2D eigenvalue weighted by Crippen LogP contribution is -2.40. The van der Waals surface area contributed by atoms with E-state index in [0.717, 1.165) is 11.1 Å². The number of methoxy groups -OCH3 is 1. The second-order valence-electron chi connectivity index (χ2n) is 8.56. The molecule has 1 N–H and O–H groups in total. The Bertz CT molecular complexity index is 1530. The van der Waals surface area contributed by atoms with Crippen LogP contribution in [0.15, 0.2) is 69.6 Å². The van der Waals surface area contributed by atoms with E-state index >= 15 is 0 Å². The van der Waals surface area contributed by atoms with Crippen molar-refractivity contribution < 1.29 is 28.9 Å². The zero-order valence-corrected chi connectivity index (χ0v) is 21.6. The first-order valence-corrected chi connectivity index (χ1v) is 12.3. The van der Waals surface area contributed by atoms with Crippen molar-refractivity contribution in [1.29, 1.82) is 0 Å². The zero-order chi connectivity index (χ0) is 26.7. The molecule has 2 heterocycles. The van der Waals surface area contributed by atoms with Gasteiger partial charge in [-0.1, -0.05) is 35.6 Å². The Morgan fingerprint density at radius 3 is 2.35 bits per heavy atom. The van der Waals surface area contributed by atoms with E-state index in [1.54, 1.807) is 70.4 Å². The summed E-state index contributed by atoms with van der Waals surface area (Å²) in [7, 11) is 1.57. The van der Waals surface area contributed by atoms with Gasteiger partial charge in [0.25, 0.3) is 5.56 Å². The molecule has 1 atom stereocenters. The maximum Gasteiger partial charge on any atom is 0.341 e. The highest BCUT2D eigenvalue weighted by Crippen LogP contribution is 2.31. The quantitative estimate of drug-likeness (QED) is 0.452. The molecule has 0 bridgehead atoms. The van der Waals surface area contributed by atoms with Gasteiger partial charge >= 0.3 is 11.9 Å². The third-order valence-corrected chi connectivity index (χ3v) is 6.54.